The van der Waals surface area contributed by atoms with Crippen LogP contribution < -0.4 is 20.5 Å². The molecule has 0 unspecified atom stereocenters. The van der Waals surface area contributed by atoms with Gasteiger partial charge in [0, 0.05) is 11.3 Å². The maximum atomic E-state index is 13.7. The predicted octanol–water partition coefficient (Wildman–Crippen LogP) is 5.68. The molecule has 1 aromatic heterocycles. The molecular weight excluding hydrogens is 503 g/mol. The number of hydrogen-bond acceptors (Lipinski definition) is 8. The van der Waals surface area contributed by atoms with Crippen molar-refractivity contribution < 1.29 is 27.1 Å². The normalized spacial score (nSPS) is 11.2. The number of anilines is 3. The number of carbonyl (C=O) groups excluding carboxylic acids is 1. The molecule has 0 atom stereocenters. The molecule has 0 aliphatic rings. The number of thiophene rings is 1. The van der Waals surface area contributed by atoms with E-state index in [1.165, 1.54) is 43.5 Å². The van der Waals surface area contributed by atoms with Crippen molar-refractivity contribution in [2.24, 2.45) is 0 Å². The van der Waals surface area contributed by atoms with Gasteiger partial charge in [-0.15, -0.1) is 11.3 Å². The number of carbonyl (C=O) groups is 1. The number of ketones is 1. The zero-order chi connectivity index (χ0) is 25.9. The Bertz CT molecular complexity index is 1480. The predicted molar refractivity (Wildman–Crippen MR) is 138 cm³/mol. The van der Waals surface area contributed by atoms with Gasteiger partial charge in [-0.05, 0) is 79.7 Å². The summed E-state index contributed by atoms with van der Waals surface area (Å²) in [5.74, 6) is 0.147. The Labute approximate surface area is 212 Å². The highest BCUT2D eigenvalue weighted by atomic mass is 32.2. The number of nitrogens with two attached hydrogens (primary N) is 1. The molecule has 7 nitrogen and oxygen atoms in total. The van der Waals surface area contributed by atoms with Crippen molar-refractivity contribution in [3.63, 3.8) is 0 Å². The van der Waals surface area contributed by atoms with E-state index in [0.29, 0.717) is 23.8 Å². The maximum absolute atomic E-state index is 13.7. The highest BCUT2D eigenvalue weighted by molar-refractivity contribution is 7.92. The Kier molecular flexibility index (Phi) is 7.27. The second kappa shape index (κ2) is 10.4. The quantitative estimate of drug-likeness (QED) is 0.270. The van der Waals surface area contributed by atoms with Crippen LogP contribution in [-0.2, 0) is 9.84 Å². The van der Waals surface area contributed by atoms with E-state index in [-0.39, 0.29) is 30.9 Å². The molecule has 0 bridgehead atoms. The monoisotopic (exact) mass is 526 g/mol. The van der Waals surface area contributed by atoms with Crippen LogP contribution >= 0.6 is 11.3 Å². The zero-order valence-corrected chi connectivity index (χ0v) is 21.1. The fraction of sp³-hybridized carbons (Fsp3) is 0.115. The lowest BCUT2D eigenvalue weighted by molar-refractivity contribution is 0.104. The summed E-state index contributed by atoms with van der Waals surface area (Å²) in [6.07, 6.45) is 0. The lowest BCUT2D eigenvalue weighted by Gasteiger charge is -2.11. The van der Waals surface area contributed by atoms with Gasteiger partial charge in [0.05, 0.1) is 24.3 Å². The smallest absolute Gasteiger partial charge is 0.211 e. The Morgan fingerprint density at radius 1 is 0.972 bits per heavy atom. The largest absolute Gasteiger partial charge is 0.497 e. The first-order valence-corrected chi connectivity index (χ1v) is 13.2. The second-order valence-corrected chi connectivity index (χ2v) is 10.5. The van der Waals surface area contributed by atoms with E-state index in [1.807, 2.05) is 6.92 Å². The third-order valence-electron chi connectivity index (χ3n) is 5.27. The maximum Gasteiger partial charge on any atom is 0.211 e. The molecule has 186 valence electrons. The number of ether oxygens (including phenoxy) is 2. The van der Waals surface area contributed by atoms with E-state index < -0.39 is 21.4 Å². The molecule has 0 saturated carbocycles. The summed E-state index contributed by atoms with van der Waals surface area (Å²) in [5.41, 5.74) is 6.90. The van der Waals surface area contributed by atoms with Crippen LogP contribution in [0.5, 0.6) is 11.5 Å². The summed E-state index contributed by atoms with van der Waals surface area (Å²) in [6.45, 7) is 2.38. The van der Waals surface area contributed by atoms with Crippen molar-refractivity contribution in [3.8, 4) is 11.5 Å². The standard InChI is InChI=1S/C26H23FN2O5S2/c1-3-34-20-10-8-18(9-11-20)29-26-25(36(31,32)21-14-12-19(33-2)13-15-21)22(28)24(35-26)23(30)16-4-6-17(27)7-5-16/h4-15,29H,3,28H2,1-2H3. The van der Waals surface area contributed by atoms with E-state index >= 15 is 0 Å². The Balaban J connectivity index is 1.82. The number of nitrogen functional groups attached to an aromatic ring is 1. The van der Waals surface area contributed by atoms with E-state index in [2.05, 4.69) is 5.32 Å². The van der Waals surface area contributed by atoms with Gasteiger partial charge in [0.15, 0.2) is 0 Å². The van der Waals surface area contributed by atoms with Crippen LogP contribution in [0.15, 0.2) is 82.6 Å². The lowest BCUT2D eigenvalue weighted by atomic mass is 10.1. The number of rotatable bonds is 9. The van der Waals surface area contributed by atoms with Gasteiger partial charge in [-0.25, -0.2) is 12.8 Å². The van der Waals surface area contributed by atoms with Gasteiger partial charge in [-0.2, -0.15) is 0 Å². The number of hydrogen-bond donors (Lipinski definition) is 2. The number of benzene rings is 3. The summed E-state index contributed by atoms with van der Waals surface area (Å²) in [4.78, 5) is 13.0. The van der Waals surface area contributed by atoms with E-state index in [0.717, 1.165) is 23.5 Å². The minimum Gasteiger partial charge on any atom is -0.497 e. The second-order valence-electron chi connectivity index (χ2n) is 7.60. The summed E-state index contributed by atoms with van der Waals surface area (Å²) < 4.78 is 51.3. The number of sulfone groups is 1. The molecule has 0 saturated heterocycles. The Hall–Kier alpha value is -3.89. The summed E-state index contributed by atoms with van der Waals surface area (Å²) in [5, 5.41) is 3.26. The van der Waals surface area contributed by atoms with Crippen molar-refractivity contribution >= 4 is 43.3 Å². The molecule has 10 heteroatoms. The van der Waals surface area contributed by atoms with Crippen molar-refractivity contribution in [2.75, 3.05) is 24.8 Å². The Morgan fingerprint density at radius 3 is 2.17 bits per heavy atom. The summed E-state index contributed by atoms with van der Waals surface area (Å²) in [7, 11) is -2.65. The van der Waals surface area contributed by atoms with Crippen molar-refractivity contribution in [1.82, 2.24) is 0 Å². The minimum atomic E-state index is -4.13. The van der Waals surface area contributed by atoms with Crippen LogP contribution in [0.4, 0.5) is 20.8 Å². The first-order valence-electron chi connectivity index (χ1n) is 10.9. The molecule has 3 N–H and O–H groups in total. The summed E-state index contributed by atoms with van der Waals surface area (Å²) >= 11 is 0.917. The van der Waals surface area contributed by atoms with Gasteiger partial charge in [0.2, 0.25) is 15.6 Å². The van der Waals surface area contributed by atoms with Crippen LogP contribution in [0.3, 0.4) is 0 Å². The van der Waals surface area contributed by atoms with Crippen LogP contribution in [0.25, 0.3) is 0 Å². The van der Waals surface area contributed by atoms with E-state index in [1.54, 1.807) is 24.3 Å². The molecule has 0 aliphatic heterocycles. The number of methoxy groups -OCH3 is 1. The topological polar surface area (TPSA) is 108 Å². The molecule has 36 heavy (non-hydrogen) atoms. The molecule has 0 aliphatic carbocycles. The van der Waals surface area contributed by atoms with Crippen LogP contribution in [0.1, 0.15) is 22.2 Å². The van der Waals surface area contributed by atoms with Gasteiger partial charge in [0.1, 0.15) is 32.1 Å². The first kappa shape index (κ1) is 25.2. The zero-order valence-electron chi connectivity index (χ0n) is 19.4. The fourth-order valence-electron chi connectivity index (χ4n) is 3.48. The van der Waals surface area contributed by atoms with Gasteiger partial charge in [-0.1, -0.05) is 0 Å². The molecule has 0 fully saturated rings. The highest BCUT2D eigenvalue weighted by Crippen LogP contribution is 2.44. The molecule has 3 aromatic carbocycles. The number of halogens is 1. The van der Waals surface area contributed by atoms with Gasteiger partial charge in [0.25, 0.3) is 0 Å². The van der Waals surface area contributed by atoms with E-state index in [9.17, 15) is 17.6 Å². The van der Waals surface area contributed by atoms with Crippen LogP contribution in [-0.4, -0.2) is 27.9 Å². The van der Waals surface area contributed by atoms with Crippen LogP contribution in [0.2, 0.25) is 0 Å². The third kappa shape index (κ3) is 5.05. The molecule has 1 heterocycles. The number of nitrogens with one attached hydrogen (secondary N) is 1. The molecule has 4 rings (SSSR count). The third-order valence-corrected chi connectivity index (χ3v) is 8.38. The molecular formula is C26H23FN2O5S2. The Morgan fingerprint density at radius 2 is 1.58 bits per heavy atom. The van der Waals surface area contributed by atoms with Gasteiger partial charge >= 0.3 is 0 Å². The highest BCUT2D eigenvalue weighted by Gasteiger charge is 2.31. The van der Waals surface area contributed by atoms with Gasteiger partial charge < -0.3 is 20.5 Å². The average Bonchev–Trinajstić information content (AvgIpc) is 3.21. The molecule has 4 aromatic rings. The SMILES string of the molecule is CCOc1ccc(Nc2sc(C(=O)c3ccc(F)cc3)c(N)c2S(=O)(=O)c2ccc(OC)cc2)cc1. The van der Waals surface area contributed by atoms with Crippen molar-refractivity contribution in [1.29, 1.82) is 0 Å². The lowest BCUT2D eigenvalue weighted by Crippen LogP contribution is -2.08. The average molecular weight is 527 g/mol. The van der Waals surface area contributed by atoms with Crippen LogP contribution in [0, 0.1) is 5.82 Å². The van der Waals surface area contributed by atoms with E-state index in [4.69, 9.17) is 15.2 Å². The molecule has 0 spiro atoms. The minimum absolute atomic E-state index is 0.0108. The van der Waals surface area contributed by atoms with Crippen molar-refractivity contribution in [2.45, 2.75) is 16.7 Å². The molecule has 0 amide bonds. The summed E-state index contributed by atoms with van der Waals surface area (Å²) in [6, 6.07) is 17.8. The molecule has 0 radical (unpaired) electrons. The fourth-order valence-corrected chi connectivity index (χ4v) is 6.42. The first-order chi connectivity index (χ1) is 17.2. The van der Waals surface area contributed by atoms with Gasteiger partial charge in [-0.3, -0.25) is 4.79 Å². The van der Waals surface area contributed by atoms with Crippen molar-refractivity contribution in [3.05, 3.63) is 89.1 Å².